The standard InChI is InChI=1S/C19H23BrN2O3S/c1-16-2-6-18(7-3-16)25-15-14-21-10-12-22(13-11-21)26(23,24)19-8-4-17(20)5-9-19/h2-9H,10-15H2,1H3. The van der Waals surface area contributed by atoms with Crippen molar-refractivity contribution in [3.8, 4) is 5.75 Å². The fourth-order valence-electron chi connectivity index (χ4n) is 2.88. The summed E-state index contributed by atoms with van der Waals surface area (Å²) in [4.78, 5) is 2.58. The van der Waals surface area contributed by atoms with E-state index in [1.165, 1.54) is 5.56 Å². The predicted octanol–water partition coefficient (Wildman–Crippen LogP) is 3.14. The van der Waals surface area contributed by atoms with Crippen molar-refractivity contribution in [2.45, 2.75) is 11.8 Å². The van der Waals surface area contributed by atoms with Gasteiger partial charge in [-0.15, -0.1) is 0 Å². The summed E-state index contributed by atoms with van der Waals surface area (Å²) in [7, 11) is -3.42. The number of rotatable bonds is 6. The van der Waals surface area contributed by atoms with E-state index < -0.39 is 10.0 Å². The Balaban J connectivity index is 1.47. The third-order valence-electron chi connectivity index (χ3n) is 4.48. The zero-order valence-electron chi connectivity index (χ0n) is 14.8. The lowest BCUT2D eigenvalue weighted by atomic mass is 10.2. The highest BCUT2D eigenvalue weighted by Crippen LogP contribution is 2.20. The molecule has 0 aromatic heterocycles. The summed E-state index contributed by atoms with van der Waals surface area (Å²) >= 11 is 3.33. The highest BCUT2D eigenvalue weighted by Gasteiger charge is 2.28. The van der Waals surface area contributed by atoms with Crippen molar-refractivity contribution in [3.05, 3.63) is 58.6 Å². The van der Waals surface area contributed by atoms with E-state index in [0.717, 1.165) is 16.8 Å². The van der Waals surface area contributed by atoms with E-state index in [1.54, 1.807) is 28.6 Å². The summed E-state index contributed by atoms with van der Waals surface area (Å²) in [6.45, 7) is 5.88. The van der Waals surface area contributed by atoms with Gasteiger partial charge in [0.05, 0.1) is 4.90 Å². The summed E-state index contributed by atoms with van der Waals surface area (Å²) in [5.41, 5.74) is 1.21. The van der Waals surface area contributed by atoms with Crippen LogP contribution >= 0.6 is 15.9 Å². The maximum absolute atomic E-state index is 12.7. The molecule has 26 heavy (non-hydrogen) atoms. The predicted molar refractivity (Wildman–Crippen MR) is 106 cm³/mol. The van der Waals surface area contributed by atoms with Crippen molar-refractivity contribution in [2.75, 3.05) is 39.3 Å². The minimum atomic E-state index is -3.42. The van der Waals surface area contributed by atoms with E-state index in [1.807, 2.05) is 31.2 Å². The molecule has 0 saturated carbocycles. The Bertz CT molecular complexity index is 815. The SMILES string of the molecule is Cc1ccc(OCCN2CCN(S(=O)(=O)c3ccc(Br)cc3)CC2)cc1. The van der Waals surface area contributed by atoms with Crippen LogP contribution in [0.2, 0.25) is 0 Å². The molecule has 0 bridgehead atoms. The first-order valence-corrected chi connectivity index (χ1v) is 10.9. The smallest absolute Gasteiger partial charge is 0.243 e. The molecule has 1 saturated heterocycles. The van der Waals surface area contributed by atoms with Gasteiger partial charge in [-0.05, 0) is 43.3 Å². The minimum Gasteiger partial charge on any atom is -0.492 e. The lowest BCUT2D eigenvalue weighted by molar-refractivity contribution is 0.159. The summed E-state index contributed by atoms with van der Waals surface area (Å²) in [5.74, 6) is 0.868. The van der Waals surface area contributed by atoms with Crippen LogP contribution in [0.25, 0.3) is 0 Å². The summed E-state index contributed by atoms with van der Waals surface area (Å²) in [5, 5.41) is 0. The van der Waals surface area contributed by atoms with Crippen LogP contribution < -0.4 is 4.74 Å². The Morgan fingerprint density at radius 1 is 0.962 bits per heavy atom. The molecule has 2 aromatic rings. The van der Waals surface area contributed by atoms with Gasteiger partial charge < -0.3 is 4.74 Å². The number of halogens is 1. The molecule has 0 unspecified atom stereocenters. The maximum atomic E-state index is 12.7. The Morgan fingerprint density at radius 2 is 1.58 bits per heavy atom. The molecule has 1 heterocycles. The molecule has 1 fully saturated rings. The van der Waals surface area contributed by atoms with Crippen LogP contribution in [-0.2, 0) is 10.0 Å². The van der Waals surface area contributed by atoms with Gasteiger partial charge in [0.15, 0.2) is 0 Å². The second-order valence-corrected chi connectivity index (χ2v) is 9.21. The average molecular weight is 439 g/mol. The van der Waals surface area contributed by atoms with Crippen molar-refractivity contribution in [3.63, 3.8) is 0 Å². The highest BCUT2D eigenvalue weighted by molar-refractivity contribution is 9.10. The number of hydrogen-bond donors (Lipinski definition) is 0. The fourth-order valence-corrected chi connectivity index (χ4v) is 4.56. The summed E-state index contributed by atoms with van der Waals surface area (Å²) in [6, 6.07) is 14.8. The minimum absolute atomic E-state index is 0.344. The first-order chi connectivity index (χ1) is 12.4. The lowest BCUT2D eigenvalue weighted by Crippen LogP contribution is -2.49. The molecule has 2 aromatic carbocycles. The number of sulfonamides is 1. The van der Waals surface area contributed by atoms with Crippen LogP contribution in [0.15, 0.2) is 57.9 Å². The number of nitrogens with zero attached hydrogens (tertiary/aromatic N) is 2. The van der Waals surface area contributed by atoms with Gasteiger partial charge in [0.25, 0.3) is 0 Å². The molecule has 0 N–H and O–H groups in total. The molecule has 7 heteroatoms. The van der Waals surface area contributed by atoms with Gasteiger partial charge in [-0.25, -0.2) is 8.42 Å². The number of hydrogen-bond acceptors (Lipinski definition) is 4. The third-order valence-corrected chi connectivity index (χ3v) is 6.92. The average Bonchev–Trinajstić information content (AvgIpc) is 2.64. The second-order valence-electron chi connectivity index (χ2n) is 6.36. The van der Waals surface area contributed by atoms with Crippen LogP contribution in [0.5, 0.6) is 5.75 Å². The van der Waals surface area contributed by atoms with Crippen LogP contribution in [0.3, 0.4) is 0 Å². The van der Waals surface area contributed by atoms with Gasteiger partial charge in [-0.2, -0.15) is 4.31 Å². The molecular formula is C19H23BrN2O3S. The van der Waals surface area contributed by atoms with Crippen LogP contribution in [0.1, 0.15) is 5.56 Å². The van der Waals surface area contributed by atoms with Crippen molar-refractivity contribution >= 4 is 26.0 Å². The molecule has 0 atom stereocenters. The molecular weight excluding hydrogens is 416 g/mol. The molecule has 140 valence electrons. The van der Waals surface area contributed by atoms with E-state index in [2.05, 4.69) is 20.8 Å². The Hall–Kier alpha value is -1.41. The summed E-state index contributed by atoms with van der Waals surface area (Å²) in [6.07, 6.45) is 0. The van der Waals surface area contributed by atoms with Crippen LogP contribution in [0.4, 0.5) is 0 Å². The van der Waals surface area contributed by atoms with E-state index in [0.29, 0.717) is 37.7 Å². The number of ether oxygens (including phenoxy) is 1. The van der Waals surface area contributed by atoms with E-state index in [9.17, 15) is 8.42 Å². The van der Waals surface area contributed by atoms with Crippen LogP contribution in [-0.4, -0.2) is 57.0 Å². The van der Waals surface area contributed by atoms with Crippen molar-refractivity contribution in [2.24, 2.45) is 0 Å². The number of benzene rings is 2. The van der Waals surface area contributed by atoms with Crippen LogP contribution in [0, 0.1) is 6.92 Å². The fraction of sp³-hybridized carbons (Fsp3) is 0.368. The normalized spacial score (nSPS) is 16.5. The number of aryl methyl sites for hydroxylation is 1. The molecule has 0 aliphatic carbocycles. The van der Waals surface area contributed by atoms with E-state index >= 15 is 0 Å². The monoisotopic (exact) mass is 438 g/mol. The Kier molecular flexibility index (Phi) is 6.34. The Morgan fingerprint density at radius 3 is 2.19 bits per heavy atom. The molecule has 0 spiro atoms. The number of piperazine rings is 1. The van der Waals surface area contributed by atoms with E-state index in [-0.39, 0.29) is 0 Å². The molecule has 3 rings (SSSR count). The van der Waals surface area contributed by atoms with E-state index in [4.69, 9.17) is 4.74 Å². The zero-order valence-corrected chi connectivity index (χ0v) is 17.2. The van der Waals surface area contributed by atoms with Gasteiger partial charge in [-0.1, -0.05) is 33.6 Å². The zero-order chi connectivity index (χ0) is 18.6. The molecule has 1 aliphatic rings. The molecule has 1 aliphatic heterocycles. The lowest BCUT2D eigenvalue weighted by Gasteiger charge is -2.33. The first kappa shape index (κ1) is 19.4. The van der Waals surface area contributed by atoms with Crippen molar-refractivity contribution < 1.29 is 13.2 Å². The molecule has 5 nitrogen and oxygen atoms in total. The molecule has 0 radical (unpaired) electrons. The van der Waals surface area contributed by atoms with Gasteiger partial charge in [0, 0.05) is 37.2 Å². The van der Waals surface area contributed by atoms with Gasteiger partial charge in [-0.3, -0.25) is 4.90 Å². The maximum Gasteiger partial charge on any atom is 0.243 e. The third kappa shape index (κ3) is 4.85. The molecule has 0 amide bonds. The van der Waals surface area contributed by atoms with Gasteiger partial charge in [0.2, 0.25) is 10.0 Å². The second kappa shape index (κ2) is 8.52. The van der Waals surface area contributed by atoms with Gasteiger partial charge in [0.1, 0.15) is 12.4 Å². The summed E-state index contributed by atoms with van der Waals surface area (Å²) < 4.78 is 33.6. The first-order valence-electron chi connectivity index (χ1n) is 8.63. The quantitative estimate of drug-likeness (QED) is 0.694. The van der Waals surface area contributed by atoms with Crippen molar-refractivity contribution in [1.29, 1.82) is 0 Å². The largest absolute Gasteiger partial charge is 0.492 e. The van der Waals surface area contributed by atoms with Gasteiger partial charge >= 0.3 is 0 Å². The highest BCUT2D eigenvalue weighted by atomic mass is 79.9. The topological polar surface area (TPSA) is 49.9 Å². The van der Waals surface area contributed by atoms with Crippen molar-refractivity contribution in [1.82, 2.24) is 9.21 Å². The Labute approximate surface area is 163 Å².